The van der Waals surface area contributed by atoms with Crippen molar-refractivity contribution in [1.82, 2.24) is 9.55 Å². The highest BCUT2D eigenvalue weighted by Gasteiger charge is 2.21. The fraction of sp³-hybridized carbons (Fsp3) is 0.0909. The molecule has 2 aromatic carbocycles. The second kappa shape index (κ2) is 8.33. The van der Waals surface area contributed by atoms with E-state index >= 15 is 0 Å². The number of hydrogen-bond acceptors (Lipinski definition) is 5. The predicted octanol–water partition coefficient (Wildman–Crippen LogP) is 4.42. The van der Waals surface area contributed by atoms with Crippen LogP contribution >= 0.6 is 22.9 Å². The highest BCUT2D eigenvalue weighted by Crippen LogP contribution is 2.26. The lowest BCUT2D eigenvalue weighted by molar-refractivity contribution is -0.116. The fourth-order valence-corrected chi connectivity index (χ4v) is 4.37. The molecule has 2 heterocycles. The Labute approximate surface area is 185 Å². The van der Waals surface area contributed by atoms with Crippen LogP contribution in [-0.2, 0) is 11.3 Å². The van der Waals surface area contributed by atoms with E-state index in [1.807, 2.05) is 6.07 Å². The molecule has 9 heteroatoms. The van der Waals surface area contributed by atoms with Crippen molar-refractivity contribution in [3.05, 3.63) is 80.4 Å². The summed E-state index contributed by atoms with van der Waals surface area (Å²) in [5.41, 5.74) is 1.28. The Hall–Kier alpha value is -3.49. The molecule has 0 aliphatic carbocycles. The van der Waals surface area contributed by atoms with Gasteiger partial charge in [0, 0.05) is 21.7 Å². The predicted molar refractivity (Wildman–Crippen MR) is 121 cm³/mol. The number of aromatic nitrogens is 2. The average Bonchev–Trinajstić information content (AvgIpc) is 3.17. The minimum Gasteiger partial charge on any atom is -0.478 e. The number of amides is 1. The van der Waals surface area contributed by atoms with E-state index in [-0.39, 0.29) is 17.5 Å². The van der Waals surface area contributed by atoms with Crippen molar-refractivity contribution in [2.24, 2.45) is 0 Å². The van der Waals surface area contributed by atoms with Gasteiger partial charge < -0.3 is 10.4 Å². The van der Waals surface area contributed by atoms with Crippen molar-refractivity contribution in [1.29, 1.82) is 0 Å². The molecule has 4 aromatic rings. The maximum atomic E-state index is 13.3. The van der Waals surface area contributed by atoms with Gasteiger partial charge in [-0.05, 0) is 30.7 Å². The molecule has 0 unspecified atom stereocenters. The van der Waals surface area contributed by atoms with Gasteiger partial charge in [-0.25, -0.2) is 9.78 Å². The van der Waals surface area contributed by atoms with Gasteiger partial charge in [-0.2, -0.15) is 0 Å². The maximum Gasteiger partial charge on any atom is 0.337 e. The number of fused-ring (bicyclic) bond motifs is 1. The average molecular weight is 454 g/mol. The molecule has 0 bridgehead atoms. The molecule has 31 heavy (non-hydrogen) atoms. The van der Waals surface area contributed by atoms with E-state index in [0.717, 1.165) is 16.9 Å². The van der Waals surface area contributed by atoms with Crippen molar-refractivity contribution in [3.63, 3.8) is 0 Å². The Balaban J connectivity index is 1.81. The van der Waals surface area contributed by atoms with Gasteiger partial charge in [0.1, 0.15) is 17.2 Å². The van der Waals surface area contributed by atoms with Crippen LogP contribution in [0, 0.1) is 6.92 Å². The third kappa shape index (κ3) is 4.08. The van der Waals surface area contributed by atoms with Crippen LogP contribution in [0.25, 0.3) is 21.6 Å². The van der Waals surface area contributed by atoms with E-state index in [1.54, 1.807) is 49.4 Å². The van der Waals surface area contributed by atoms with E-state index in [4.69, 9.17) is 11.6 Å². The maximum absolute atomic E-state index is 13.3. The molecular weight excluding hydrogens is 438 g/mol. The van der Waals surface area contributed by atoms with Crippen LogP contribution in [0.1, 0.15) is 15.9 Å². The third-order valence-electron chi connectivity index (χ3n) is 4.72. The smallest absolute Gasteiger partial charge is 0.337 e. The summed E-state index contributed by atoms with van der Waals surface area (Å²) in [7, 11) is 0. The molecule has 0 saturated heterocycles. The molecule has 2 N–H and O–H groups in total. The van der Waals surface area contributed by atoms with Crippen LogP contribution in [0.15, 0.2) is 58.7 Å². The summed E-state index contributed by atoms with van der Waals surface area (Å²) in [5, 5.41) is 14.1. The molecule has 0 atom stereocenters. The van der Waals surface area contributed by atoms with Gasteiger partial charge in [0.05, 0.1) is 10.9 Å². The lowest BCUT2D eigenvalue weighted by Crippen LogP contribution is -2.30. The topological polar surface area (TPSA) is 101 Å². The summed E-state index contributed by atoms with van der Waals surface area (Å²) in [6.07, 6.45) is 0. The lowest BCUT2D eigenvalue weighted by atomic mass is 10.2. The van der Waals surface area contributed by atoms with Crippen molar-refractivity contribution < 1.29 is 14.7 Å². The fourth-order valence-electron chi connectivity index (χ4n) is 3.24. The number of carboxylic acid groups (broad SMARTS) is 1. The third-order valence-corrected chi connectivity index (χ3v) is 5.83. The van der Waals surface area contributed by atoms with E-state index in [0.29, 0.717) is 26.9 Å². The minimum atomic E-state index is -1.22. The van der Waals surface area contributed by atoms with Crippen molar-refractivity contribution in [2.75, 3.05) is 5.32 Å². The van der Waals surface area contributed by atoms with Gasteiger partial charge in [-0.15, -0.1) is 11.3 Å². The lowest BCUT2D eigenvalue weighted by Gasteiger charge is -2.14. The molecule has 0 spiro atoms. The molecule has 7 nitrogen and oxygen atoms in total. The van der Waals surface area contributed by atoms with Gasteiger partial charge in [0.2, 0.25) is 5.91 Å². The van der Waals surface area contributed by atoms with Crippen LogP contribution in [0.4, 0.5) is 5.69 Å². The number of nitrogens with zero attached hydrogens (tertiary/aromatic N) is 2. The molecule has 0 radical (unpaired) electrons. The molecule has 2 aromatic heterocycles. The van der Waals surface area contributed by atoms with E-state index < -0.39 is 17.4 Å². The number of halogens is 1. The number of carbonyl (C=O) groups is 2. The zero-order valence-electron chi connectivity index (χ0n) is 16.3. The number of carbonyl (C=O) groups excluding carboxylic acids is 1. The summed E-state index contributed by atoms with van der Waals surface area (Å²) < 4.78 is 1.21. The van der Waals surface area contributed by atoms with Crippen LogP contribution in [0.5, 0.6) is 0 Å². The zero-order chi connectivity index (χ0) is 22.1. The Morgan fingerprint density at radius 2 is 1.94 bits per heavy atom. The first kappa shape index (κ1) is 20.8. The highest BCUT2D eigenvalue weighted by molar-refractivity contribution is 7.17. The van der Waals surface area contributed by atoms with Gasteiger partial charge in [-0.3, -0.25) is 14.2 Å². The standard InChI is InChI=1S/C22H16ClN3O4S/c1-12-9-14(23)7-8-16(12)24-17(27)10-26-19(13-5-3-2-4-6-13)25-20-18(21(26)28)15(11-31-20)22(29)30/h2-9,11H,10H2,1H3,(H,24,27)(H,29,30). The second-order valence-corrected chi connectivity index (χ2v) is 8.13. The number of anilines is 1. The molecule has 4 rings (SSSR count). The summed E-state index contributed by atoms with van der Waals surface area (Å²) in [6, 6.07) is 14.0. The Morgan fingerprint density at radius 3 is 2.61 bits per heavy atom. The number of aromatic carboxylic acids is 1. The second-order valence-electron chi connectivity index (χ2n) is 6.83. The summed E-state index contributed by atoms with van der Waals surface area (Å²) >= 11 is 7.04. The zero-order valence-corrected chi connectivity index (χ0v) is 17.8. The number of rotatable bonds is 5. The number of thiophene rings is 1. The van der Waals surface area contributed by atoms with Crippen LogP contribution in [0.2, 0.25) is 5.02 Å². The SMILES string of the molecule is Cc1cc(Cl)ccc1NC(=O)Cn1c(-c2ccccc2)nc2scc(C(=O)O)c2c1=O. The Bertz CT molecular complexity index is 1380. The molecule has 0 aliphatic rings. The van der Waals surface area contributed by atoms with E-state index in [2.05, 4.69) is 10.3 Å². The number of carboxylic acids is 1. The number of benzene rings is 2. The van der Waals surface area contributed by atoms with Gasteiger partial charge in [0.15, 0.2) is 0 Å². The number of hydrogen-bond donors (Lipinski definition) is 2. The Kier molecular flexibility index (Phi) is 5.58. The van der Waals surface area contributed by atoms with E-state index in [1.165, 1.54) is 9.95 Å². The van der Waals surface area contributed by atoms with Crippen molar-refractivity contribution in [2.45, 2.75) is 13.5 Å². The summed E-state index contributed by atoms with van der Waals surface area (Å²) in [4.78, 5) is 42.5. The largest absolute Gasteiger partial charge is 0.478 e. The van der Waals surface area contributed by atoms with Crippen LogP contribution in [-0.4, -0.2) is 26.5 Å². The van der Waals surface area contributed by atoms with Gasteiger partial charge in [-0.1, -0.05) is 41.9 Å². The number of nitrogens with one attached hydrogen (secondary N) is 1. The molecule has 1 amide bonds. The van der Waals surface area contributed by atoms with Gasteiger partial charge >= 0.3 is 5.97 Å². The molecule has 156 valence electrons. The number of aryl methyl sites for hydroxylation is 1. The normalized spacial score (nSPS) is 10.9. The first-order chi connectivity index (χ1) is 14.8. The summed E-state index contributed by atoms with van der Waals surface area (Å²) in [5.74, 6) is -1.37. The quantitative estimate of drug-likeness (QED) is 0.465. The van der Waals surface area contributed by atoms with Crippen LogP contribution < -0.4 is 10.9 Å². The summed E-state index contributed by atoms with van der Waals surface area (Å²) in [6.45, 7) is 1.48. The molecule has 0 aliphatic heterocycles. The van der Waals surface area contributed by atoms with E-state index in [9.17, 15) is 19.5 Å². The molecule has 0 saturated carbocycles. The first-order valence-electron chi connectivity index (χ1n) is 9.22. The first-order valence-corrected chi connectivity index (χ1v) is 10.5. The Morgan fingerprint density at radius 1 is 1.19 bits per heavy atom. The molecule has 0 fully saturated rings. The van der Waals surface area contributed by atoms with Crippen LogP contribution in [0.3, 0.4) is 0 Å². The van der Waals surface area contributed by atoms with Gasteiger partial charge in [0.25, 0.3) is 5.56 Å². The molecular formula is C22H16ClN3O4S. The highest BCUT2D eigenvalue weighted by atomic mass is 35.5. The monoisotopic (exact) mass is 453 g/mol. The van der Waals surface area contributed by atoms with Crippen molar-refractivity contribution in [3.8, 4) is 11.4 Å². The minimum absolute atomic E-state index is 0.00680. The van der Waals surface area contributed by atoms with Crippen molar-refractivity contribution >= 4 is 50.7 Å².